The molecule has 0 saturated heterocycles. The van der Waals surface area contributed by atoms with Crippen molar-refractivity contribution < 1.29 is 14.1 Å². The molecule has 1 N–H and O–H groups in total. The van der Waals surface area contributed by atoms with Crippen molar-refractivity contribution in [3.05, 3.63) is 64.5 Å². The number of nitrogens with one attached hydrogen (secondary N) is 1. The van der Waals surface area contributed by atoms with Gasteiger partial charge < -0.3 is 14.6 Å². The number of para-hydroxylation sites is 1. The minimum absolute atomic E-state index is 0.0731. The van der Waals surface area contributed by atoms with Crippen LogP contribution in [0.3, 0.4) is 0 Å². The van der Waals surface area contributed by atoms with Crippen LogP contribution in [0.4, 0.5) is 0 Å². The van der Waals surface area contributed by atoms with Gasteiger partial charge in [0.1, 0.15) is 5.75 Å². The molecule has 3 aromatic rings. The fraction of sp³-hybridized carbons (Fsp3) is 0.250. The van der Waals surface area contributed by atoms with Crippen LogP contribution in [0, 0.1) is 0 Å². The van der Waals surface area contributed by atoms with Crippen LogP contribution in [0.1, 0.15) is 31.2 Å². The molecule has 2 aromatic carbocycles. The van der Waals surface area contributed by atoms with Crippen molar-refractivity contribution in [2.45, 2.75) is 26.3 Å². The van der Waals surface area contributed by atoms with E-state index in [2.05, 4.69) is 45.2 Å². The van der Waals surface area contributed by atoms with Crippen LogP contribution in [-0.4, -0.2) is 22.7 Å². The van der Waals surface area contributed by atoms with Gasteiger partial charge in [-0.3, -0.25) is 4.79 Å². The molecule has 1 aromatic heterocycles. The average molecular weight is 430 g/mol. The number of aromatic nitrogens is 2. The predicted molar refractivity (Wildman–Crippen MR) is 105 cm³/mol. The summed E-state index contributed by atoms with van der Waals surface area (Å²) in [6.07, 6.45) is 0. The highest BCUT2D eigenvalue weighted by molar-refractivity contribution is 9.10. The Labute approximate surface area is 166 Å². The van der Waals surface area contributed by atoms with E-state index in [0.717, 1.165) is 21.3 Å². The Hall–Kier alpha value is -2.67. The van der Waals surface area contributed by atoms with Crippen molar-refractivity contribution in [3.63, 3.8) is 0 Å². The van der Waals surface area contributed by atoms with Crippen molar-refractivity contribution in [1.82, 2.24) is 15.5 Å². The number of carbonyl (C=O) groups is 1. The van der Waals surface area contributed by atoms with Gasteiger partial charge in [0.05, 0.1) is 6.54 Å². The molecule has 1 amide bonds. The van der Waals surface area contributed by atoms with Gasteiger partial charge >= 0.3 is 0 Å². The Morgan fingerprint density at radius 2 is 2.04 bits per heavy atom. The molecule has 0 saturated carbocycles. The number of hydrogen-bond donors (Lipinski definition) is 1. The van der Waals surface area contributed by atoms with Crippen molar-refractivity contribution in [1.29, 1.82) is 0 Å². The van der Waals surface area contributed by atoms with E-state index >= 15 is 0 Å². The van der Waals surface area contributed by atoms with Crippen LogP contribution in [0.2, 0.25) is 0 Å². The fourth-order valence-electron chi connectivity index (χ4n) is 2.53. The fourth-order valence-corrected chi connectivity index (χ4v) is 2.93. The van der Waals surface area contributed by atoms with E-state index in [1.807, 2.05) is 48.5 Å². The lowest BCUT2D eigenvalue weighted by molar-refractivity contribution is -0.123. The maximum atomic E-state index is 12.1. The quantitative estimate of drug-likeness (QED) is 0.604. The summed E-state index contributed by atoms with van der Waals surface area (Å²) >= 11 is 3.41. The molecule has 27 heavy (non-hydrogen) atoms. The van der Waals surface area contributed by atoms with Crippen LogP contribution in [0.25, 0.3) is 11.4 Å². The summed E-state index contributed by atoms with van der Waals surface area (Å²) in [6, 6.07) is 15.3. The topological polar surface area (TPSA) is 77.2 Å². The summed E-state index contributed by atoms with van der Waals surface area (Å²) in [5, 5.41) is 6.67. The molecular weight excluding hydrogens is 410 g/mol. The highest BCUT2D eigenvalue weighted by Gasteiger charge is 2.12. The summed E-state index contributed by atoms with van der Waals surface area (Å²) in [5.74, 6) is 1.59. The van der Waals surface area contributed by atoms with Crippen molar-refractivity contribution in [3.8, 4) is 17.1 Å². The number of halogens is 1. The van der Waals surface area contributed by atoms with Gasteiger partial charge in [-0.1, -0.05) is 65.3 Å². The molecule has 0 aliphatic rings. The van der Waals surface area contributed by atoms with Gasteiger partial charge in [-0.25, -0.2) is 0 Å². The van der Waals surface area contributed by atoms with Gasteiger partial charge in [0.25, 0.3) is 5.91 Å². The summed E-state index contributed by atoms with van der Waals surface area (Å²) < 4.78 is 11.8. The van der Waals surface area contributed by atoms with Crippen LogP contribution >= 0.6 is 15.9 Å². The SMILES string of the molecule is CC(C)c1ccccc1OCC(=O)NCc1nc(-c2cccc(Br)c2)no1. The molecule has 6 nitrogen and oxygen atoms in total. The molecular formula is C20H20BrN3O3. The standard InChI is InChI=1S/C20H20BrN3O3/c1-13(2)16-8-3-4-9-17(16)26-12-18(25)22-11-19-23-20(24-27-19)14-6-5-7-15(21)10-14/h3-10,13H,11-12H2,1-2H3,(H,22,25). The number of hydrogen-bond acceptors (Lipinski definition) is 5. The van der Waals surface area contributed by atoms with Crippen molar-refractivity contribution >= 4 is 21.8 Å². The Kier molecular flexibility index (Phi) is 6.24. The van der Waals surface area contributed by atoms with Gasteiger partial charge in [-0.15, -0.1) is 0 Å². The number of ether oxygens (including phenoxy) is 1. The summed E-state index contributed by atoms with van der Waals surface area (Å²) in [4.78, 5) is 16.4. The van der Waals surface area contributed by atoms with E-state index in [9.17, 15) is 4.79 Å². The third-order valence-electron chi connectivity index (χ3n) is 3.89. The van der Waals surface area contributed by atoms with Gasteiger partial charge in [0.15, 0.2) is 6.61 Å². The summed E-state index contributed by atoms with van der Waals surface area (Å²) in [6.45, 7) is 4.24. The molecule has 0 atom stereocenters. The van der Waals surface area contributed by atoms with E-state index in [1.165, 1.54) is 0 Å². The first-order chi connectivity index (χ1) is 13.0. The molecule has 7 heteroatoms. The zero-order valence-electron chi connectivity index (χ0n) is 15.1. The average Bonchev–Trinajstić information content (AvgIpc) is 3.14. The number of nitrogens with zero attached hydrogens (tertiary/aromatic N) is 2. The van der Waals surface area contributed by atoms with Gasteiger partial charge in [0, 0.05) is 10.0 Å². The first kappa shape index (κ1) is 19.1. The maximum absolute atomic E-state index is 12.1. The van der Waals surface area contributed by atoms with Crippen molar-refractivity contribution in [2.24, 2.45) is 0 Å². The lowest BCUT2D eigenvalue weighted by atomic mass is 10.0. The second kappa shape index (κ2) is 8.81. The Morgan fingerprint density at radius 1 is 1.22 bits per heavy atom. The van der Waals surface area contributed by atoms with E-state index in [1.54, 1.807) is 0 Å². The second-order valence-corrected chi connectivity index (χ2v) is 7.20. The van der Waals surface area contributed by atoms with E-state index < -0.39 is 0 Å². The van der Waals surface area contributed by atoms with Gasteiger partial charge in [0.2, 0.25) is 11.7 Å². The Balaban J connectivity index is 1.53. The normalized spacial score (nSPS) is 10.8. The predicted octanol–water partition coefficient (Wildman–Crippen LogP) is 4.32. The Morgan fingerprint density at radius 3 is 2.81 bits per heavy atom. The lowest BCUT2D eigenvalue weighted by Crippen LogP contribution is -2.28. The zero-order chi connectivity index (χ0) is 19.2. The monoisotopic (exact) mass is 429 g/mol. The number of carbonyl (C=O) groups excluding carboxylic acids is 1. The number of rotatable bonds is 7. The molecule has 140 valence electrons. The van der Waals surface area contributed by atoms with E-state index in [0.29, 0.717) is 17.6 Å². The third-order valence-corrected chi connectivity index (χ3v) is 4.38. The molecule has 0 unspecified atom stereocenters. The molecule has 0 radical (unpaired) electrons. The minimum Gasteiger partial charge on any atom is -0.483 e. The largest absolute Gasteiger partial charge is 0.483 e. The summed E-state index contributed by atoms with van der Waals surface area (Å²) in [7, 11) is 0. The smallest absolute Gasteiger partial charge is 0.258 e. The van der Waals surface area contributed by atoms with Crippen LogP contribution in [0.5, 0.6) is 5.75 Å². The molecule has 3 rings (SSSR count). The highest BCUT2D eigenvalue weighted by Crippen LogP contribution is 2.25. The number of benzene rings is 2. The van der Waals surface area contributed by atoms with Crippen LogP contribution in [0.15, 0.2) is 57.5 Å². The highest BCUT2D eigenvalue weighted by atomic mass is 79.9. The zero-order valence-corrected chi connectivity index (χ0v) is 16.7. The van der Waals surface area contributed by atoms with Gasteiger partial charge in [-0.05, 0) is 29.7 Å². The molecule has 1 heterocycles. The third kappa shape index (κ3) is 5.17. The minimum atomic E-state index is -0.254. The Bertz CT molecular complexity index is 924. The molecule has 0 fully saturated rings. The molecule has 0 bridgehead atoms. The molecule has 0 aliphatic heterocycles. The van der Waals surface area contributed by atoms with E-state index in [-0.39, 0.29) is 19.1 Å². The van der Waals surface area contributed by atoms with Crippen molar-refractivity contribution in [2.75, 3.05) is 6.61 Å². The maximum Gasteiger partial charge on any atom is 0.258 e. The van der Waals surface area contributed by atoms with Crippen LogP contribution in [-0.2, 0) is 11.3 Å². The first-order valence-corrected chi connectivity index (χ1v) is 9.39. The number of amides is 1. The van der Waals surface area contributed by atoms with Crippen LogP contribution < -0.4 is 10.1 Å². The lowest BCUT2D eigenvalue weighted by Gasteiger charge is -2.13. The van der Waals surface area contributed by atoms with E-state index in [4.69, 9.17) is 9.26 Å². The molecule has 0 spiro atoms. The molecule has 0 aliphatic carbocycles. The summed E-state index contributed by atoms with van der Waals surface area (Å²) in [5.41, 5.74) is 1.90. The second-order valence-electron chi connectivity index (χ2n) is 6.28. The first-order valence-electron chi connectivity index (χ1n) is 8.60. The van der Waals surface area contributed by atoms with Gasteiger partial charge in [-0.2, -0.15) is 4.98 Å².